The molecule has 1 unspecified atom stereocenters. The maximum absolute atomic E-state index is 12.8. The first-order chi connectivity index (χ1) is 9.99. The van der Waals surface area contributed by atoms with E-state index in [0.717, 1.165) is 11.9 Å². The van der Waals surface area contributed by atoms with Crippen LogP contribution < -0.4 is 4.90 Å². The monoisotopic (exact) mass is 286 g/mol. The van der Waals surface area contributed by atoms with Crippen LogP contribution in [0.4, 0.5) is 10.1 Å². The number of Topliss-reactive ketones (excluding diaryl/α,β-unsaturated/α-hetero) is 1. The Balaban J connectivity index is 2.07. The summed E-state index contributed by atoms with van der Waals surface area (Å²) in [5, 5.41) is 0. The Morgan fingerprint density at radius 1 is 1.29 bits per heavy atom. The molecule has 0 amide bonds. The third-order valence-corrected chi connectivity index (χ3v) is 3.50. The second-order valence-electron chi connectivity index (χ2n) is 5.29. The van der Waals surface area contributed by atoms with Crippen LogP contribution in [0.3, 0.4) is 0 Å². The molecule has 0 fully saturated rings. The lowest BCUT2D eigenvalue weighted by atomic mass is 10.0. The van der Waals surface area contributed by atoms with Gasteiger partial charge in [0.1, 0.15) is 11.5 Å². The average Bonchev–Trinajstić information content (AvgIpc) is 2.47. The molecule has 2 aromatic rings. The van der Waals surface area contributed by atoms with Gasteiger partial charge in [0.25, 0.3) is 0 Å². The molecule has 1 heterocycles. The second kappa shape index (κ2) is 6.48. The van der Waals surface area contributed by atoms with Crippen LogP contribution in [-0.4, -0.2) is 24.4 Å². The minimum atomic E-state index is -0.434. The number of hydrogen-bond acceptors (Lipinski definition) is 3. The predicted octanol–water partition coefficient (Wildman–Crippen LogP) is 3.48. The number of para-hydroxylation sites is 1. The molecule has 0 N–H and O–H groups in total. The van der Waals surface area contributed by atoms with Gasteiger partial charge in [0.15, 0.2) is 5.78 Å². The summed E-state index contributed by atoms with van der Waals surface area (Å²) in [5.74, 6) is -0.723. The Labute approximate surface area is 124 Å². The highest BCUT2D eigenvalue weighted by atomic mass is 19.1. The van der Waals surface area contributed by atoms with E-state index in [4.69, 9.17) is 0 Å². The van der Waals surface area contributed by atoms with Crippen LogP contribution >= 0.6 is 0 Å². The number of carbonyl (C=O) groups excluding carboxylic acids is 1. The van der Waals surface area contributed by atoms with Crippen molar-refractivity contribution in [1.82, 2.24) is 4.98 Å². The Kier molecular flexibility index (Phi) is 4.68. The van der Waals surface area contributed by atoms with Crippen molar-refractivity contribution in [2.45, 2.75) is 13.8 Å². The standard InChI is InChI=1S/C17H19FN2O/c1-12-6-4-5-7-16(12)20(3)11-13(2)17(21)15-9-8-14(18)10-19-15/h4-10,13H,11H2,1-3H3. The fourth-order valence-corrected chi connectivity index (χ4v) is 2.36. The fourth-order valence-electron chi connectivity index (χ4n) is 2.36. The van der Waals surface area contributed by atoms with Crippen molar-refractivity contribution in [2.75, 3.05) is 18.5 Å². The molecule has 0 saturated carbocycles. The van der Waals surface area contributed by atoms with Crippen molar-refractivity contribution in [3.8, 4) is 0 Å². The van der Waals surface area contributed by atoms with Crippen molar-refractivity contribution in [3.63, 3.8) is 0 Å². The van der Waals surface area contributed by atoms with Gasteiger partial charge in [-0.1, -0.05) is 25.1 Å². The summed E-state index contributed by atoms with van der Waals surface area (Å²) in [6.07, 6.45) is 1.07. The number of anilines is 1. The summed E-state index contributed by atoms with van der Waals surface area (Å²) in [4.78, 5) is 18.2. The Morgan fingerprint density at radius 3 is 2.62 bits per heavy atom. The Hall–Kier alpha value is -2.23. The molecule has 1 aromatic carbocycles. The number of benzene rings is 1. The molecule has 0 saturated heterocycles. The maximum atomic E-state index is 12.8. The SMILES string of the molecule is Cc1ccccc1N(C)CC(C)C(=O)c1ccc(F)cn1. The van der Waals surface area contributed by atoms with Crippen LogP contribution in [0.2, 0.25) is 0 Å². The van der Waals surface area contributed by atoms with E-state index in [1.807, 2.05) is 45.2 Å². The zero-order valence-corrected chi connectivity index (χ0v) is 12.5. The lowest BCUT2D eigenvalue weighted by Crippen LogP contribution is -2.29. The molecule has 3 nitrogen and oxygen atoms in total. The van der Waals surface area contributed by atoms with Gasteiger partial charge in [-0.2, -0.15) is 0 Å². The van der Waals surface area contributed by atoms with Gasteiger partial charge in [-0.05, 0) is 30.7 Å². The van der Waals surface area contributed by atoms with E-state index < -0.39 is 5.82 Å². The number of nitrogens with zero attached hydrogens (tertiary/aromatic N) is 2. The zero-order chi connectivity index (χ0) is 15.4. The van der Waals surface area contributed by atoms with Crippen LogP contribution in [0.1, 0.15) is 23.0 Å². The van der Waals surface area contributed by atoms with Gasteiger partial charge in [-0.3, -0.25) is 9.78 Å². The normalized spacial score (nSPS) is 12.0. The van der Waals surface area contributed by atoms with Crippen LogP contribution in [0, 0.1) is 18.7 Å². The molecule has 0 aliphatic heterocycles. The molecule has 2 rings (SSSR count). The Morgan fingerprint density at radius 2 is 2.00 bits per heavy atom. The number of pyridine rings is 1. The molecule has 1 aromatic heterocycles. The molecule has 0 spiro atoms. The number of ketones is 1. The van der Waals surface area contributed by atoms with Gasteiger partial charge in [0.05, 0.1) is 6.20 Å². The van der Waals surface area contributed by atoms with Gasteiger partial charge in [-0.15, -0.1) is 0 Å². The van der Waals surface area contributed by atoms with Crippen molar-refractivity contribution in [3.05, 3.63) is 59.7 Å². The highest BCUT2D eigenvalue weighted by Crippen LogP contribution is 2.19. The second-order valence-corrected chi connectivity index (χ2v) is 5.29. The van der Waals surface area contributed by atoms with Crippen LogP contribution in [0.25, 0.3) is 0 Å². The summed E-state index contributed by atoms with van der Waals surface area (Å²) in [6, 6.07) is 10.7. The fraction of sp³-hybridized carbons (Fsp3) is 0.294. The zero-order valence-electron chi connectivity index (χ0n) is 12.5. The van der Waals surface area contributed by atoms with E-state index in [9.17, 15) is 9.18 Å². The van der Waals surface area contributed by atoms with Gasteiger partial charge in [0.2, 0.25) is 0 Å². The number of carbonyl (C=O) groups is 1. The van der Waals surface area contributed by atoms with Crippen LogP contribution in [0.5, 0.6) is 0 Å². The molecular weight excluding hydrogens is 267 g/mol. The quantitative estimate of drug-likeness (QED) is 0.789. The molecule has 0 radical (unpaired) electrons. The summed E-state index contributed by atoms with van der Waals surface area (Å²) in [7, 11) is 1.96. The van der Waals surface area contributed by atoms with Gasteiger partial charge in [-0.25, -0.2) is 4.39 Å². The molecule has 4 heteroatoms. The molecule has 21 heavy (non-hydrogen) atoms. The minimum absolute atomic E-state index is 0.0737. The summed E-state index contributed by atoms with van der Waals surface area (Å²) in [5.41, 5.74) is 2.57. The van der Waals surface area contributed by atoms with Crippen LogP contribution in [0.15, 0.2) is 42.6 Å². The number of aryl methyl sites for hydroxylation is 1. The van der Waals surface area contributed by atoms with Crippen molar-refractivity contribution in [1.29, 1.82) is 0 Å². The lowest BCUT2D eigenvalue weighted by molar-refractivity contribution is 0.0928. The minimum Gasteiger partial charge on any atom is -0.374 e. The molecule has 0 aliphatic rings. The topological polar surface area (TPSA) is 33.2 Å². The number of rotatable bonds is 5. The summed E-state index contributed by atoms with van der Waals surface area (Å²) < 4.78 is 12.8. The van der Waals surface area contributed by atoms with Gasteiger partial charge < -0.3 is 4.90 Å². The van der Waals surface area contributed by atoms with E-state index in [2.05, 4.69) is 9.88 Å². The number of aromatic nitrogens is 1. The van der Waals surface area contributed by atoms with E-state index in [1.54, 1.807) is 0 Å². The summed E-state index contributed by atoms with van der Waals surface area (Å²) in [6.45, 7) is 4.49. The molecule has 0 aliphatic carbocycles. The van der Waals surface area contributed by atoms with Crippen LogP contribution in [-0.2, 0) is 0 Å². The lowest BCUT2D eigenvalue weighted by Gasteiger charge is -2.24. The third-order valence-electron chi connectivity index (χ3n) is 3.50. The van der Waals surface area contributed by atoms with Crippen molar-refractivity contribution >= 4 is 11.5 Å². The largest absolute Gasteiger partial charge is 0.374 e. The number of halogens is 1. The molecule has 110 valence electrons. The smallest absolute Gasteiger partial charge is 0.185 e. The first-order valence-electron chi connectivity index (χ1n) is 6.91. The highest BCUT2D eigenvalue weighted by molar-refractivity contribution is 5.96. The first kappa shape index (κ1) is 15.2. The van der Waals surface area contributed by atoms with Gasteiger partial charge in [0, 0.05) is 25.2 Å². The van der Waals surface area contributed by atoms with Crippen molar-refractivity contribution in [2.24, 2.45) is 5.92 Å². The van der Waals surface area contributed by atoms with E-state index in [0.29, 0.717) is 12.2 Å². The number of hydrogen-bond donors (Lipinski definition) is 0. The van der Waals surface area contributed by atoms with Crippen molar-refractivity contribution < 1.29 is 9.18 Å². The average molecular weight is 286 g/mol. The van der Waals surface area contributed by atoms with E-state index in [-0.39, 0.29) is 11.7 Å². The molecule has 0 bridgehead atoms. The van der Waals surface area contributed by atoms with E-state index >= 15 is 0 Å². The first-order valence-corrected chi connectivity index (χ1v) is 6.91. The summed E-state index contributed by atoms with van der Waals surface area (Å²) >= 11 is 0. The predicted molar refractivity (Wildman–Crippen MR) is 82.1 cm³/mol. The third kappa shape index (κ3) is 3.66. The molecular formula is C17H19FN2O. The highest BCUT2D eigenvalue weighted by Gasteiger charge is 2.19. The van der Waals surface area contributed by atoms with Gasteiger partial charge >= 0.3 is 0 Å². The Bertz CT molecular complexity index is 625. The molecule has 1 atom stereocenters. The maximum Gasteiger partial charge on any atom is 0.185 e. The van der Waals surface area contributed by atoms with E-state index in [1.165, 1.54) is 17.7 Å².